The molecular weight excluding hydrogens is 342 g/mol. The van der Waals surface area contributed by atoms with Crippen molar-refractivity contribution in [3.05, 3.63) is 47.7 Å². The zero-order chi connectivity index (χ0) is 19.1. The number of amides is 1. The number of benzene rings is 1. The summed E-state index contributed by atoms with van der Waals surface area (Å²) in [6, 6.07) is 12.4. The lowest BCUT2D eigenvalue weighted by atomic mass is 10.1. The van der Waals surface area contributed by atoms with Crippen LogP contribution in [-0.4, -0.2) is 46.7 Å². The molecule has 3 rings (SSSR count). The molecule has 0 bridgehead atoms. The van der Waals surface area contributed by atoms with Crippen LogP contribution in [0, 0.1) is 6.92 Å². The summed E-state index contributed by atoms with van der Waals surface area (Å²) in [5.41, 5.74) is 2.11. The van der Waals surface area contributed by atoms with Crippen molar-refractivity contribution in [3.8, 4) is 0 Å². The van der Waals surface area contributed by atoms with Gasteiger partial charge >= 0.3 is 6.09 Å². The topological polar surface area (TPSA) is 79.4 Å². The van der Waals surface area contributed by atoms with Crippen molar-refractivity contribution >= 4 is 17.9 Å². The van der Waals surface area contributed by atoms with Crippen LogP contribution in [0.1, 0.15) is 31.0 Å². The summed E-state index contributed by atoms with van der Waals surface area (Å²) in [4.78, 5) is 22.6. The summed E-state index contributed by atoms with van der Waals surface area (Å²) < 4.78 is 5.06. The highest BCUT2D eigenvalue weighted by molar-refractivity contribution is 5.67. The van der Waals surface area contributed by atoms with E-state index in [1.165, 1.54) is 5.56 Å². The number of carbonyl (C=O) groups excluding carboxylic acids is 1. The molecule has 2 N–H and O–H groups in total. The standard InChI is InChI=1S/C20H27N5O2/c1-3-27-20(26)25-11-9-17(10-12-25)23-19-22-15(2)13-18(24-19)21-14-16-7-5-4-6-8-16/h4-8,13,17H,3,9-12,14H2,1-2H3,(H2,21,22,23,24). The Kier molecular flexibility index (Phi) is 6.46. The monoisotopic (exact) mass is 369 g/mol. The van der Waals surface area contributed by atoms with Gasteiger partial charge in [-0.3, -0.25) is 0 Å². The fraction of sp³-hybridized carbons (Fsp3) is 0.450. The summed E-state index contributed by atoms with van der Waals surface area (Å²) in [5.74, 6) is 1.43. The third-order valence-corrected chi connectivity index (χ3v) is 4.52. The minimum Gasteiger partial charge on any atom is -0.450 e. The molecule has 0 atom stereocenters. The molecule has 1 aromatic carbocycles. The Bertz CT molecular complexity index is 745. The number of ether oxygens (including phenoxy) is 1. The second-order valence-corrected chi connectivity index (χ2v) is 6.66. The van der Waals surface area contributed by atoms with E-state index < -0.39 is 0 Å². The first kappa shape index (κ1) is 18.9. The number of hydrogen-bond donors (Lipinski definition) is 2. The molecule has 1 aliphatic heterocycles. The molecule has 1 saturated heterocycles. The fourth-order valence-corrected chi connectivity index (χ4v) is 3.12. The lowest BCUT2D eigenvalue weighted by molar-refractivity contribution is 0.0983. The number of carbonyl (C=O) groups is 1. The smallest absolute Gasteiger partial charge is 0.409 e. The van der Waals surface area contributed by atoms with Crippen LogP contribution in [0.25, 0.3) is 0 Å². The number of hydrogen-bond acceptors (Lipinski definition) is 6. The number of rotatable bonds is 6. The van der Waals surface area contributed by atoms with E-state index in [2.05, 4.69) is 32.7 Å². The summed E-state index contributed by atoms with van der Waals surface area (Å²) in [6.07, 6.45) is 1.47. The molecule has 1 aromatic heterocycles. The molecule has 7 heteroatoms. The van der Waals surface area contributed by atoms with Gasteiger partial charge < -0.3 is 20.3 Å². The number of likely N-dealkylation sites (tertiary alicyclic amines) is 1. The Morgan fingerprint density at radius 1 is 1.22 bits per heavy atom. The minimum absolute atomic E-state index is 0.227. The van der Waals surface area contributed by atoms with Gasteiger partial charge in [0.25, 0.3) is 0 Å². The number of nitrogens with zero attached hydrogens (tertiary/aromatic N) is 3. The number of piperidine rings is 1. The van der Waals surface area contributed by atoms with Crippen LogP contribution >= 0.6 is 0 Å². The summed E-state index contributed by atoms with van der Waals surface area (Å²) in [7, 11) is 0. The Hall–Kier alpha value is -2.83. The van der Waals surface area contributed by atoms with E-state index in [4.69, 9.17) is 4.74 Å². The van der Waals surface area contributed by atoms with Crippen molar-refractivity contribution in [2.45, 2.75) is 39.3 Å². The zero-order valence-electron chi connectivity index (χ0n) is 15.9. The predicted molar refractivity (Wildman–Crippen MR) is 106 cm³/mol. The molecule has 0 unspecified atom stereocenters. The lowest BCUT2D eigenvalue weighted by Gasteiger charge is -2.31. The van der Waals surface area contributed by atoms with Gasteiger partial charge in [0.2, 0.25) is 5.95 Å². The number of aromatic nitrogens is 2. The van der Waals surface area contributed by atoms with Crippen molar-refractivity contribution in [1.82, 2.24) is 14.9 Å². The Balaban J connectivity index is 1.54. The molecule has 0 saturated carbocycles. The first-order valence-corrected chi connectivity index (χ1v) is 9.45. The maximum absolute atomic E-state index is 11.8. The molecule has 0 spiro atoms. The van der Waals surface area contributed by atoms with Gasteiger partial charge in [0.1, 0.15) is 5.82 Å². The molecule has 2 heterocycles. The van der Waals surface area contributed by atoms with Crippen LogP contribution in [0.5, 0.6) is 0 Å². The van der Waals surface area contributed by atoms with E-state index in [0.717, 1.165) is 24.4 Å². The second kappa shape index (κ2) is 9.21. The van der Waals surface area contributed by atoms with Crippen molar-refractivity contribution < 1.29 is 9.53 Å². The van der Waals surface area contributed by atoms with Gasteiger partial charge in [0.05, 0.1) is 6.61 Å². The van der Waals surface area contributed by atoms with Crippen LogP contribution in [0.3, 0.4) is 0 Å². The average molecular weight is 369 g/mol. The van der Waals surface area contributed by atoms with E-state index in [0.29, 0.717) is 32.2 Å². The molecule has 0 aliphatic carbocycles. The van der Waals surface area contributed by atoms with Crippen LogP contribution in [-0.2, 0) is 11.3 Å². The van der Waals surface area contributed by atoms with Gasteiger partial charge in [0, 0.05) is 37.4 Å². The van der Waals surface area contributed by atoms with Gasteiger partial charge in [-0.25, -0.2) is 9.78 Å². The van der Waals surface area contributed by atoms with Crippen LogP contribution < -0.4 is 10.6 Å². The van der Waals surface area contributed by atoms with Gasteiger partial charge in [0.15, 0.2) is 0 Å². The normalized spacial score (nSPS) is 14.7. The van der Waals surface area contributed by atoms with Gasteiger partial charge in [-0.1, -0.05) is 30.3 Å². The van der Waals surface area contributed by atoms with Crippen LogP contribution in [0.2, 0.25) is 0 Å². The highest BCUT2D eigenvalue weighted by atomic mass is 16.6. The molecule has 1 amide bonds. The summed E-state index contributed by atoms with van der Waals surface area (Å²) in [5, 5.41) is 6.77. The number of anilines is 2. The summed E-state index contributed by atoms with van der Waals surface area (Å²) >= 11 is 0. The first-order valence-electron chi connectivity index (χ1n) is 9.45. The molecule has 1 aliphatic rings. The predicted octanol–water partition coefficient (Wildman–Crippen LogP) is 3.43. The first-order chi connectivity index (χ1) is 13.1. The molecule has 0 radical (unpaired) electrons. The van der Waals surface area contributed by atoms with E-state index in [9.17, 15) is 4.79 Å². The zero-order valence-corrected chi connectivity index (χ0v) is 15.9. The van der Waals surface area contributed by atoms with Crippen LogP contribution in [0.4, 0.5) is 16.6 Å². The van der Waals surface area contributed by atoms with E-state index in [1.54, 1.807) is 4.90 Å². The van der Waals surface area contributed by atoms with Crippen LogP contribution in [0.15, 0.2) is 36.4 Å². The third kappa shape index (κ3) is 5.57. The Morgan fingerprint density at radius 2 is 1.96 bits per heavy atom. The quantitative estimate of drug-likeness (QED) is 0.812. The molecule has 144 valence electrons. The highest BCUT2D eigenvalue weighted by Crippen LogP contribution is 2.17. The highest BCUT2D eigenvalue weighted by Gasteiger charge is 2.24. The minimum atomic E-state index is -0.227. The van der Waals surface area contributed by atoms with E-state index in [-0.39, 0.29) is 12.1 Å². The number of nitrogens with one attached hydrogen (secondary N) is 2. The average Bonchev–Trinajstić information content (AvgIpc) is 2.67. The third-order valence-electron chi connectivity index (χ3n) is 4.52. The molecule has 7 nitrogen and oxygen atoms in total. The molecule has 27 heavy (non-hydrogen) atoms. The van der Waals surface area contributed by atoms with Gasteiger partial charge in [-0.15, -0.1) is 0 Å². The van der Waals surface area contributed by atoms with Crippen molar-refractivity contribution in [1.29, 1.82) is 0 Å². The van der Waals surface area contributed by atoms with E-state index in [1.807, 2.05) is 38.1 Å². The molecule has 2 aromatic rings. The lowest BCUT2D eigenvalue weighted by Crippen LogP contribution is -2.42. The molecular formula is C20H27N5O2. The largest absolute Gasteiger partial charge is 0.450 e. The second-order valence-electron chi connectivity index (χ2n) is 6.66. The summed E-state index contributed by atoms with van der Waals surface area (Å²) in [6.45, 7) is 6.28. The fourth-order valence-electron chi connectivity index (χ4n) is 3.12. The molecule has 1 fully saturated rings. The van der Waals surface area contributed by atoms with Gasteiger partial charge in [-0.05, 0) is 32.3 Å². The Labute approximate surface area is 160 Å². The van der Waals surface area contributed by atoms with Crippen molar-refractivity contribution in [2.75, 3.05) is 30.3 Å². The SMILES string of the molecule is CCOC(=O)N1CCC(Nc2nc(C)cc(NCc3ccccc3)n2)CC1. The Morgan fingerprint density at radius 3 is 2.67 bits per heavy atom. The van der Waals surface area contributed by atoms with Crippen molar-refractivity contribution in [3.63, 3.8) is 0 Å². The van der Waals surface area contributed by atoms with Crippen molar-refractivity contribution in [2.24, 2.45) is 0 Å². The maximum atomic E-state index is 11.8. The maximum Gasteiger partial charge on any atom is 0.409 e. The number of aryl methyl sites for hydroxylation is 1. The van der Waals surface area contributed by atoms with Gasteiger partial charge in [-0.2, -0.15) is 4.98 Å². The van der Waals surface area contributed by atoms with E-state index >= 15 is 0 Å².